The van der Waals surface area contributed by atoms with Crippen molar-refractivity contribution >= 4 is 23.5 Å². The van der Waals surface area contributed by atoms with Crippen LogP contribution in [0.2, 0.25) is 0 Å². The third kappa shape index (κ3) is 4.88. The van der Waals surface area contributed by atoms with Crippen molar-refractivity contribution in [3.05, 3.63) is 41.5 Å². The normalized spacial score (nSPS) is 10.7. The number of carbonyl (C=O) groups excluding carboxylic acids is 2. The zero-order chi connectivity index (χ0) is 16.8. The summed E-state index contributed by atoms with van der Waals surface area (Å²) in [6.45, 7) is 1.79. The first-order chi connectivity index (χ1) is 11.0. The van der Waals surface area contributed by atoms with E-state index in [-0.39, 0.29) is 18.1 Å². The van der Waals surface area contributed by atoms with Crippen LogP contribution in [0.3, 0.4) is 0 Å². The number of aryl methyl sites for hydroxylation is 1. The predicted molar refractivity (Wildman–Crippen MR) is 84.6 cm³/mol. The number of thioether (sulfide) groups is 1. The van der Waals surface area contributed by atoms with Gasteiger partial charge in [-0.25, -0.2) is 4.39 Å². The molecule has 0 fully saturated rings. The lowest BCUT2D eigenvalue weighted by molar-refractivity contribution is -0.118. The van der Waals surface area contributed by atoms with E-state index < -0.39 is 5.91 Å². The molecule has 0 spiro atoms. The van der Waals surface area contributed by atoms with E-state index >= 15 is 0 Å². The summed E-state index contributed by atoms with van der Waals surface area (Å²) < 4.78 is 14.5. The zero-order valence-corrected chi connectivity index (χ0v) is 13.5. The van der Waals surface area contributed by atoms with Gasteiger partial charge in [-0.2, -0.15) is 0 Å². The van der Waals surface area contributed by atoms with Gasteiger partial charge in [-0.05, 0) is 37.6 Å². The molecule has 6 nitrogen and oxygen atoms in total. The molecule has 23 heavy (non-hydrogen) atoms. The number of amides is 1. The minimum Gasteiger partial charge on any atom is -0.368 e. The van der Waals surface area contributed by atoms with Crippen LogP contribution < -0.4 is 5.73 Å². The van der Waals surface area contributed by atoms with E-state index in [0.717, 1.165) is 0 Å². The van der Waals surface area contributed by atoms with Crippen molar-refractivity contribution in [1.29, 1.82) is 0 Å². The van der Waals surface area contributed by atoms with Crippen molar-refractivity contribution in [1.82, 2.24) is 14.8 Å². The summed E-state index contributed by atoms with van der Waals surface area (Å²) in [5.41, 5.74) is 5.70. The van der Waals surface area contributed by atoms with Crippen LogP contribution >= 0.6 is 11.8 Å². The van der Waals surface area contributed by atoms with Gasteiger partial charge in [-0.15, -0.1) is 10.2 Å². The molecule has 8 heteroatoms. The molecule has 0 aliphatic carbocycles. The lowest BCUT2D eigenvalue weighted by Gasteiger charge is -2.05. The Kier molecular flexibility index (Phi) is 5.86. The third-order valence-corrected chi connectivity index (χ3v) is 4.21. The number of hydrogen-bond acceptors (Lipinski definition) is 5. The Morgan fingerprint density at radius 2 is 1.96 bits per heavy atom. The molecule has 0 bridgehead atoms. The van der Waals surface area contributed by atoms with Crippen LogP contribution in [0, 0.1) is 12.7 Å². The van der Waals surface area contributed by atoms with Crippen molar-refractivity contribution < 1.29 is 14.0 Å². The number of carbonyl (C=O) groups is 2. The number of halogens is 1. The Morgan fingerprint density at radius 3 is 2.61 bits per heavy atom. The Morgan fingerprint density at radius 1 is 1.26 bits per heavy atom. The van der Waals surface area contributed by atoms with Gasteiger partial charge in [0.1, 0.15) is 18.2 Å². The molecule has 0 saturated carbocycles. The van der Waals surface area contributed by atoms with Crippen molar-refractivity contribution in [2.75, 3.05) is 5.75 Å². The lowest BCUT2D eigenvalue weighted by atomic mass is 10.1. The summed E-state index contributed by atoms with van der Waals surface area (Å²) in [6, 6.07) is 5.52. The molecule has 1 aromatic carbocycles. The third-order valence-electron chi connectivity index (χ3n) is 3.16. The Hall–Kier alpha value is -2.22. The molecule has 2 aromatic rings. The number of nitrogens with zero attached hydrogens (tertiary/aromatic N) is 3. The average Bonchev–Trinajstić information content (AvgIpc) is 2.84. The molecular weight excluding hydrogens is 319 g/mol. The Labute approximate surface area is 137 Å². The van der Waals surface area contributed by atoms with E-state index in [2.05, 4.69) is 10.2 Å². The van der Waals surface area contributed by atoms with Crippen LogP contribution in [-0.2, 0) is 11.3 Å². The highest BCUT2D eigenvalue weighted by Gasteiger charge is 2.12. The molecule has 2 N–H and O–H groups in total. The molecular formula is C15H17FN4O2S. The van der Waals surface area contributed by atoms with Crippen molar-refractivity contribution in [3.63, 3.8) is 0 Å². The van der Waals surface area contributed by atoms with Gasteiger partial charge in [0, 0.05) is 17.7 Å². The maximum Gasteiger partial charge on any atom is 0.237 e. The summed E-state index contributed by atoms with van der Waals surface area (Å²) in [4.78, 5) is 23.0. The highest BCUT2D eigenvalue weighted by molar-refractivity contribution is 7.99. The van der Waals surface area contributed by atoms with Crippen LogP contribution in [0.15, 0.2) is 29.4 Å². The standard InChI is InChI=1S/C15H17FN4O2S/c1-10-18-19-15(20(10)9-14(17)22)23-8-2-3-13(21)11-4-6-12(16)7-5-11/h4-7H,2-3,8-9H2,1H3,(H2,17,22). The first-order valence-corrected chi connectivity index (χ1v) is 8.05. The zero-order valence-electron chi connectivity index (χ0n) is 12.7. The minimum absolute atomic E-state index is 0.0274. The summed E-state index contributed by atoms with van der Waals surface area (Å²) in [5, 5.41) is 8.52. The predicted octanol–water partition coefficient (Wildman–Crippen LogP) is 1.97. The largest absolute Gasteiger partial charge is 0.368 e. The van der Waals surface area contributed by atoms with Gasteiger partial charge in [-0.3, -0.25) is 14.2 Å². The van der Waals surface area contributed by atoms with Crippen LogP contribution in [0.1, 0.15) is 29.0 Å². The summed E-state index contributed by atoms with van der Waals surface area (Å²) in [7, 11) is 0. The summed E-state index contributed by atoms with van der Waals surface area (Å²) in [5.74, 6) is 0.431. The van der Waals surface area contributed by atoms with E-state index in [1.54, 1.807) is 11.5 Å². The van der Waals surface area contributed by atoms with Crippen molar-refractivity contribution in [2.45, 2.75) is 31.5 Å². The van der Waals surface area contributed by atoms with Crippen LogP contribution in [0.25, 0.3) is 0 Å². The molecule has 2 rings (SSSR count). The van der Waals surface area contributed by atoms with E-state index in [1.165, 1.54) is 36.0 Å². The van der Waals surface area contributed by atoms with E-state index in [0.29, 0.717) is 35.1 Å². The number of nitrogens with two attached hydrogens (primary N) is 1. The second-order valence-electron chi connectivity index (χ2n) is 4.96. The maximum absolute atomic E-state index is 12.8. The van der Waals surface area contributed by atoms with E-state index in [9.17, 15) is 14.0 Å². The fourth-order valence-corrected chi connectivity index (χ4v) is 2.90. The van der Waals surface area contributed by atoms with Gasteiger partial charge in [0.25, 0.3) is 0 Å². The SMILES string of the molecule is Cc1nnc(SCCCC(=O)c2ccc(F)cc2)n1CC(N)=O. The maximum atomic E-state index is 12.8. The number of aromatic nitrogens is 3. The second kappa shape index (κ2) is 7.87. The number of primary amides is 1. The van der Waals surface area contributed by atoms with Crippen molar-refractivity contribution in [2.24, 2.45) is 5.73 Å². The molecule has 0 aliphatic rings. The number of rotatable bonds is 8. The summed E-state index contributed by atoms with van der Waals surface area (Å²) in [6.07, 6.45) is 1.00. The molecule has 1 heterocycles. The average molecular weight is 336 g/mol. The first-order valence-electron chi connectivity index (χ1n) is 7.07. The topological polar surface area (TPSA) is 90.9 Å². The van der Waals surface area contributed by atoms with Crippen molar-refractivity contribution in [3.8, 4) is 0 Å². The molecule has 0 unspecified atom stereocenters. The fourth-order valence-electron chi connectivity index (χ4n) is 1.98. The number of hydrogen-bond donors (Lipinski definition) is 1. The van der Waals surface area contributed by atoms with Gasteiger partial charge >= 0.3 is 0 Å². The first kappa shape index (κ1) is 17.1. The lowest BCUT2D eigenvalue weighted by Crippen LogP contribution is -2.20. The Bertz CT molecular complexity index is 700. The molecule has 0 atom stereocenters. The fraction of sp³-hybridized carbons (Fsp3) is 0.333. The van der Waals surface area contributed by atoms with E-state index in [4.69, 9.17) is 5.73 Å². The molecule has 0 saturated heterocycles. The van der Waals surface area contributed by atoms with Crippen LogP contribution in [0.4, 0.5) is 4.39 Å². The quantitative estimate of drug-likeness (QED) is 0.452. The molecule has 0 aliphatic heterocycles. The van der Waals surface area contributed by atoms with E-state index in [1.807, 2.05) is 0 Å². The molecule has 1 amide bonds. The van der Waals surface area contributed by atoms with Crippen LogP contribution in [0.5, 0.6) is 0 Å². The van der Waals surface area contributed by atoms with Gasteiger partial charge in [0.05, 0.1) is 0 Å². The monoisotopic (exact) mass is 336 g/mol. The van der Waals surface area contributed by atoms with Crippen LogP contribution in [-0.4, -0.2) is 32.2 Å². The smallest absolute Gasteiger partial charge is 0.237 e. The molecule has 0 radical (unpaired) electrons. The number of Topliss-reactive ketones (excluding diaryl/α,β-unsaturated/α-hetero) is 1. The molecule has 1 aromatic heterocycles. The van der Waals surface area contributed by atoms with Gasteiger partial charge < -0.3 is 5.73 Å². The summed E-state index contributed by atoms with van der Waals surface area (Å²) >= 11 is 1.42. The number of benzene rings is 1. The number of ketones is 1. The van der Waals surface area contributed by atoms with Gasteiger partial charge in [0.2, 0.25) is 5.91 Å². The molecule has 122 valence electrons. The second-order valence-corrected chi connectivity index (χ2v) is 6.03. The minimum atomic E-state index is -0.457. The van der Waals surface area contributed by atoms with Gasteiger partial charge in [0.15, 0.2) is 10.9 Å². The van der Waals surface area contributed by atoms with Gasteiger partial charge in [-0.1, -0.05) is 11.8 Å². The highest BCUT2D eigenvalue weighted by atomic mass is 32.2. The highest BCUT2D eigenvalue weighted by Crippen LogP contribution is 2.19. The Balaban J connectivity index is 1.82.